The van der Waals surface area contributed by atoms with Crippen LogP contribution < -0.4 is 11.1 Å². The predicted molar refractivity (Wildman–Crippen MR) is 95.5 cm³/mol. The molecular weight excluding hydrogens is 393 g/mol. The molecule has 4 N–H and O–H groups in total. The highest BCUT2D eigenvalue weighted by Gasteiger charge is 2.37. The van der Waals surface area contributed by atoms with Gasteiger partial charge in [-0.3, -0.25) is 4.79 Å². The maximum absolute atomic E-state index is 12.5. The molecule has 0 spiro atoms. The Labute approximate surface area is 145 Å². The molecule has 0 saturated heterocycles. The quantitative estimate of drug-likeness (QED) is 0.619. The van der Waals surface area contributed by atoms with Gasteiger partial charge >= 0.3 is 0 Å². The van der Waals surface area contributed by atoms with Crippen LogP contribution in [-0.4, -0.2) is 28.0 Å². The molecular formula is C16H24IN3O2. The molecule has 1 aromatic rings. The number of nitrogens with one attached hydrogen (secondary N) is 1. The average Bonchev–Trinajstić information content (AvgIpc) is 2.54. The number of nitrogens with two attached hydrogens (primary N) is 1. The highest BCUT2D eigenvalue weighted by molar-refractivity contribution is 14.1. The molecule has 6 heteroatoms. The van der Waals surface area contributed by atoms with E-state index in [1.165, 1.54) is 19.3 Å². The van der Waals surface area contributed by atoms with Crippen LogP contribution in [-0.2, 0) is 11.4 Å². The lowest BCUT2D eigenvalue weighted by molar-refractivity contribution is -0.124. The fraction of sp³-hybridized carbons (Fsp3) is 0.625. The van der Waals surface area contributed by atoms with Gasteiger partial charge in [0.15, 0.2) is 5.78 Å². The van der Waals surface area contributed by atoms with Crippen LogP contribution in [0.25, 0.3) is 0 Å². The minimum atomic E-state index is -0.774. The van der Waals surface area contributed by atoms with Gasteiger partial charge in [0.1, 0.15) is 5.82 Å². The van der Waals surface area contributed by atoms with Crippen molar-refractivity contribution in [2.45, 2.75) is 51.2 Å². The van der Waals surface area contributed by atoms with E-state index in [-0.39, 0.29) is 24.9 Å². The molecule has 0 amide bonds. The smallest absolute Gasteiger partial charge is 0.171 e. The number of aromatic nitrogens is 1. The number of ketones is 1. The lowest BCUT2D eigenvalue weighted by atomic mass is 9.74. The predicted octanol–water partition coefficient (Wildman–Crippen LogP) is 2.46. The average molecular weight is 417 g/mol. The van der Waals surface area contributed by atoms with E-state index in [1.807, 2.05) is 13.0 Å². The largest absolute Gasteiger partial charge is 0.392 e. The van der Waals surface area contributed by atoms with E-state index in [0.29, 0.717) is 5.82 Å². The highest BCUT2D eigenvalue weighted by atomic mass is 127. The molecule has 0 aromatic carbocycles. The number of anilines is 1. The number of rotatable bonds is 6. The number of carbonyl (C=O) groups is 1. The third kappa shape index (κ3) is 4.17. The van der Waals surface area contributed by atoms with E-state index >= 15 is 0 Å². The number of pyridine rings is 1. The Bertz CT molecular complexity index is 528. The maximum Gasteiger partial charge on any atom is 0.171 e. The summed E-state index contributed by atoms with van der Waals surface area (Å²) in [4.78, 5) is 16.8. The van der Waals surface area contributed by atoms with Crippen molar-refractivity contribution in [1.29, 1.82) is 0 Å². The molecule has 1 saturated carbocycles. The van der Waals surface area contributed by atoms with Crippen LogP contribution in [0.1, 0.15) is 44.6 Å². The normalized spacial score (nSPS) is 18.7. The van der Waals surface area contributed by atoms with E-state index in [2.05, 4.69) is 32.9 Å². The number of carbonyl (C=O) groups excluding carboxylic acids is 1. The molecule has 2 rings (SSSR count). The Morgan fingerprint density at radius 2 is 2.18 bits per heavy atom. The first-order chi connectivity index (χ1) is 10.4. The molecule has 1 fully saturated rings. The highest BCUT2D eigenvalue weighted by Crippen LogP contribution is 2.31. The Morgan fingerprint density at radius 1 is 1.50 bits per heavy atom. The van der Waals surface area contributed by atoms with Gasteiger partial charge in [0.05, 0.1) is 22.3 Å². The van der Waals surface area contributed by atoms with Gasteiger partial charge < -0.3 is 16.2 Å². The molecule has 1 aromatic heterocycles. The van der Waals surface area contributed by atoms with Gasteiger partial charge in [-0.15, -0.1) is 0 Å². The Kier molecular flexibility index (Phi) is 6.17. The molecule has 1 aliphatic rings. The topological polar surface area (TPSA) is 88.2 Å². The molecule has 1 atom stereocenters. The fourth-order valence-electron chi connectivity index (χ4n) is 2.98. The second-order valence-electron chi connectivity index (χ2n) is 6.23. The van der Waals surface area contributed by atoms with Crippen LogP contribution >= 0.6 is 22.6 Å². The first-order valence-electron chi connectivity index (χ1n) is 7.76. The minimum absolute atomic E-state index is 0.0308. The molecule has 1 unspecified atom stereocenters. The fourth-order valence-corrected chi connectivity index (χ4v) is 3.71. The molecule has 0 radical (unpaired) electrons. The van der Waals surface area contributed by atoms with Gasteiger partial charge in [-0.2, -0.15) is 0 Å². The number of hydrogen-bond acceptors (Lipinski definition) is 5. The summed E-state index contributed by atoms with van der Waals surface area (Å²) in [6.45, 7) is 2.01. The molecule has 0 aliphatic heterocycles. The van der Waals surface area contributed by atoms with Gasteiger partial charge in [-0.25, -0.2) is 4.98 Å². The molecule has 122 valence electrons. The standard InChI is InChI=1S/C16H24IN3O2/c1-16(18,12-5-3-2-4-6-12)14(22)9-20-15-13(17)7-11(10-21)8-19-15/h7-8,12,21H,2-6,9-10,18H2,1H3,(H,19,20). The molecule has 22 heavy (non-hydrogen) atoms. The van der Waals surface area contributed by atoms with Crippen LogP contribution in [0, 0.1) is 9.49 Å². The van der Waals surface area contributed by atoms with Crippen molar-refractivity contribution < 1.29 is 9.90 Å². The summed E-state index contributed by atoms with van der Waals surface area (Å²) >= 11 is 2.14. The van der Waals surface area contributed by atoms with Crippen molar-refractivity contribution in [2.24, 2.45) is 11.7 Å². The third-order valence-corrected chi connectivity index (χ3v) is 5.37. The Morgan fingerprint density at radius 3 is 2.77 bits per heavy atom. The third-order valence-electron chi connectivity index (χ3n) is 4.55. The Hall–Kier alpha value is -0.730. The summed E-state index contributed by atoms with van der Waals surface area (Å²) in [7, 11) is 0. The molecule has 5 nitrogen and oxygen atoms in total. The second-order valence-corrected chi connectivity index (χ2v) is 7.39. The first kappa shape index (κ1) is 17.6. The SMILES string of the molecule is CC(N)(C(=O)CNc1ncc(CO)cc1I)C1CCCCC1. The zero-order chi connectivity index (χ0) is 16.2. The summed E-state index contributed by atoms with van der Waals surface area (Å²) in [5.74, 6) is 0.966. The zero-order valence-corrected chi connectivity index (χ0v) is 15.1. The van der Waals surface area contributed by atoms with Crippen molar-refractivity contribution in [3.8, 4) is 0 Å². The van der Waals surface area contributed by atoms with Crippen molar-refractivity contribution in [1.82, 2.24) is 4.98 Å². The van der Waals surface area contributed by atoms with Gasteiger partial charge in [-0.05, 0) is 59.9 Å². The van der Waals surface area contributed by atoms with Crippen molar-refractivity contribution in [3.63, 3.8) is 0 Å². The number of halogens is 1. The monoisotopic (exact) mass is 417 g/mol. The number of nitrogens with zero attached hydrogens (tertiary/aromatic N) is 1. The molecule has 0 bridgehead atoms. The number of aliphatic hydroxyl groups is 1. The summed E-state index contributed by atoms with van der Waals surface area (Å²) in [5.41, 5.74) is 6.32. The van der Waals surface area contributed by atoms with Gasteiger partial charge in [0, 0.05) is 6.20 Å². The summed E-state index contributed by atoms with van der Waals surface area (Å²) in [6, 6.07) is 1.85. The summed E-state index contributed by atoms with van der Waals surface area (Å²) in [5, 5.41) is 12.2. The summed E-state index contributed by atoms with van der Waals surface area (Å²) < 4.78 is 0.883. The minimum Gasteiger partial charge on any atom is -0.392 e. The van der Waals surface area contributed by atoms with Gasteiger partial charge in [0.25, 0.3) is 0 Å². The van der Waals surface area contributed by atoms with E-state index < -0.39 is 5.54 Å². The van der Waals surface area contributed by atoms with Crippen LogP contribution in [0.2, 0.25) is 0 Å². The number of Topliss-reactive ketones (excluding diaryl/α,β-unsaturated/α-hetero) is 1. The van der Waals surface area contributed by atoms with Crippen molar-refractivity contribution >= 4 is 34.2 Å². The van der Waals surface area contributed by atoms with Crippen molar-refractivity contribution in [2.75, 3.05) is 11.9 Å². The number of aliphatic hydroxyl groups excluding tert-OH is 1. The first-order valence-corrected chi connectivity index (χ1v) is 8.84. The van der Waals surface area contributed by atoms with E-state index in [4.69, 9.17) is 10.8 Å². The van der Waals surface area contributed by atoms with Gasteiger partial charge in [0.2, 0.25) is 0 Å². The lowest BCUT2D eigenvalue weighted by Crippen LogP contribution is -2.54. The summed E-state index contributed by atoms with van der Waals surface area (Å²) in [6.07, 6.45) is 7.27. The lowest BCUT2D eigenvalue weighted by Gasteiger charge is -2.35. The van der Waals surface area contributed by atoms with E-state index in [0.717, 1.165) is 22.0 Å². The van der Waals surface area contributed by atoms with Crippen LogP contribution in [0.3, 0.4) is 0 Å². The Balaban J connectivity index is 1.96. The van der Waals surface area contributed by atoms with Gasteiger partial charge in [-0.1, -0.05) is 19.3 Å². The molecule has 1 heterocycles. The molecule has 1 aliphatic carbocycles. The zero-order valence-electron chi connectivity index (χ0n) is 12.9. The maximum atomic E-state index is 12.5. The van der Waals surface area contributed by atoms with Crippen molar-refractivity contribution in [3.05, 3.63) is 21.4 Å². The van der Waals surface area contributed by atoms with E-state index in [9.17, 15) is 4.79 Å². The van der Waals surface area contributed by atoms with Crippen LogP contribution in [0.5, 0.6) is 0 Å². The number of hydrogen-bond donors (Lipinski definition) is 3. The van der Waals surface area contributed by atoms with Crippen LogP contribution in [0.4, 0.5) is 5.82 Å². The van der Waals surface area contributed by atoms with E-state index in [1.54, 1.807) is 6.20 Å². The van der Waals surface area contributed by atoms with Crippen LogP contribution in [0.15, 0.2) is 12.3 Å². The second kappa shape index (κ2) is 7.70.